The lowest BCUT2D eigenvalue weighted by atomic mass is 11.7. The van der Waals surface area contributed by atoms with Gasteiger partial charge in [0, 0.05) is 0 Å². The summed E-state index contributed by atoms with van der Waals surface area (Å²) in [4.78, 5) is 8.81. The molecule has 0 aromatic carbocycles. The van der Waals surface area contributed by atoms with Crippen molar-refractivity contribution in [3.05, 3.63) is 0 Å². The maximum Gasteiger partial charge on any atom is 0.514 e. The molecule has 0 aliphatic carbocycles. The van der Waals surface area contributed by atoms with Crippen LogP contribution in [0.5, 0.6) is 0 Å². The summed E-state index contributed by atoms with van der Waals surface area (Å²) in [5.74, 6) is 0. The van der Waals surface area contributed by atoms with Gasteiger partial charge < -0.3 is 0 Å². The molecule has 0 aliphatic heterocycles. The van der Waals surface area contributed by atoms with Crippen molar-refractivity contribution < 1.29 is 4.79 Å². The quantitative estimate of drug-likeness (QED) is 0.235. The molecule has 4 heavy (non-hydrogen) atoms. The molecule has 0 saturated heterocycles. The van der Waals surface area contributed by atoms with Gasteiger partial charge in [-0.2, -0.15) is 4.79 Å². The lowest BCUT2D eigenvalue weighted by molar-refractivity contribution is 0.564. The van der Waals surface area contributed by atoms with Crippen LogP contribution in [0.15, 0.2) is 0 Å². The van der Waals surface area contributed by atoms with Gasteiger partial charge in [0.05, 0.1) is 0 Å². The van der Waals surface area contributed by atoms with E-state index in [9.17, 15) is 0 Å². The third-order valence-electron chi connectivity index (χ3n) is 0.0408. The molecule has 0 amide bonds. The first-order valence-electron chi connectivity index (χ1n) is 0.628. The van der Waals surface area contributed by atoms with E-state index in [0.29, 0.717) is 0 Å². The highest BCUT2D eigenvalue weighted by Crippen LogP contribution is 1.35. The van der Waals surface area contributed by atoms with Crippen LogP contribution in [0.25, 0.3) is 0 Å². The van der Waals surface area contributed by atoms with Gasteiger partial charge in [-0.25, -0.2) is 0 Å². The number of thiol groups is 1. The summed E-state index contributed by atoms with van der Waals surface area (Å²) >= 11 is 3.12. The van der Waals surface area contributed by atoms with E-state index in [1.54, 1.807) is 0 Å². The van der Waals surface area contributed by atoms with Crippen LogP contribution in [-0.2, 0) is 4.79 Å². The van der Waals surface area contributed by atoms with Gasteiger partial charge in [-0.05, 0) is 0 Å². The molecule has 0 atom stereocenters. The molecular weight excluding hydrogens is 74.1 g/mol. The molecule has 0 N–H and O–H groups in total. The fourth-order valence-electron chi connectivity index (χ4n) is 0. The first kappa shape index (κ1) is 3.73. The largest absolute Gasteiger partial charge is 0.514 e. The van der Waals surface area contributed by atoms with E-state index in [-0.39, 0.29) is 0 Å². The van der Waals surface area contributed by atoms with Crippen molar-refractivity contribution in [2.45, 2.75) is 0 Å². The molecule has 0 saturated carbocycles. The van der Waals surface area contributed by atoms with Crippen LogP contribution in [-0.4, -0.2) is 6.08 Å². The Labute approximate surface area is 29.1 Å². The van der Waals surface area contributed by atoms with Gasteiger partial charge in [0.25, 0.3) is 0 Å². The van der Waals surface area contributed by atoms with Crippen LogP contribution in [0.3, 0.4) is 0 Å². The second-order valence-corrected chi connectivity index (χ2v) is 0.391. The third-order valence-corrected chi connectivity index (χ3v) is 0.122. The Morgan fingerprint density at radius 2 is 2.25 bits per heavy atom. The Morgan fingerprint density at radius 1 is 2.00 bits per heavy atom. The molecule has 1 radical (unpaired) electrons. The summed E-state index contributed by atoms with van der Waals surface area (Å²) < 4.78 is 2.62. The average molecular weight is 75.1 g/mol. The highest BCUT2D eigenvalue weighted by atomic mass is 32.1. The van der Waals surface area contributed by atoms with E-state index in [2.05, 4.69) is 17.2 Å². The second-order valence-electron chi connectivity index (χ2n) is 0.191. The van der Waals surface area contributed by atoms with Gasteiger partial charge in [0.1, 0.15) is 0 Å². The van der Waals surface area contributed by atoms with Crippen LogP contribution in [0.2, 0.25) is 0 Å². The van der Waals surface area contributed by atoms with Crippen LogP contribution in [0.4, 0.5) is 0 Å². The van der Waals surface area contributed by atoms with E-state index in [1.165, 1.54) is 6.08 Å². The Balaban J connectivity index is 3.11. The Hall–Kier alpha value is -0.270. The number of hydrogen-bond acceptors (Lipinski definition) is 3. The summed E-state index contributed by atoms with van der Waals surface area (Å²) in [6.45, 7) is 0. The van der Waals surface area contributed by atoms with E-state index in [0.717, 1.165) is 0 Å². The highest BCUT2D eigenvalue weighted by molar-refractivity contribution is 7.77. The van der Waals surface area contributed by atoms with Crippen molar-refractivity contribution in [3.8, 4) is 0 Å². The maximum absolute atomic E-state index is 8.81. The number of carbonyl (C=O) groups excluding carboxylic acids is 1. The van der Waals surface area contributed by atoms with Gasteiger partial charge in [-0.3, -0.25) is 0 Å². The van der Waals surface area contributed by atoms with E-state index in [1.807, 2.05) is 0 Å². The molecule has 0 rings (SSSR count). The molecule has 0 heterocycles. The molecule has 0 aliphatic rings. The van der Waals surface area contributed by atoms with Crippen LogP contribution in [0.1, 0.15) is 0 Å². The van der Waals surface area contributed by atoms with Crippen molar-refractivity contribution in [2.75, 3.05) is 0 Å². The lowest BCUT2D eigenvalue weighted by Crippen LogP contribution is -1.51. The third kappa shape index (κ3) is 1.73. The monoisotopic (exact) mass is 75.0 g/mol. The minimum absolute atomic E-state index is 1.17. The molecule has 0 spiro atoms. The molecule has 3 heteroatoms. The van der Waals surface area contributed by atoms with E-state index in [4.69, 9.17) is 4.79 Å². The molecule has 0 aromatic heterocycles. The topological polar surface area (TPSA) is 31.2 Å². The minimum atomic E-state index is 1.17. The highest BCUT2D eigenvalue weighted by Gasteiger charge is 1.59. The minimum Gasteiger partial charge on any atom is -0.153 e. The van der Waals surface area contributed by atoms with E-state index < -0.39 is 0 Å². The average Bonchev–Trinajstić information content (AvgIpc) is 1.37. The van der Waals surface area contributed by atoms with Crippen LogP contribution in [0, 0.1) is 0 Å². The van der Waals surface area contributed by atoms with E-state index >= 15 is 0 Å². The molecule has 0 unspecified atom stereocenters. The number of isocyanates is 1. The van der Waals surface area contributed by atoms with Crippen LogP contribution < -0.4 is 4.40 Å². The first-order valence-corrected chi connectivity index (χ1v) is 1.03. The van der Waals surface area contributed by atoms with Crippen molar-refractivity contribution >= 4 is 18.9 Å². The maximum atomic E-state index is 8.81. The van der Waals surface area contributed by atoms with Crippen molar-refractivity contribution in [1.29, 1.82) is 0 Å². The predicted octanol–water partition coefficient (Wildman–Crippen LogP) is -0.497. The zero-order valence-electron chi connectivity index (χ0n) is 1.80. The molecule has 21 valence electrons. The summed E-state index contributed by atoms with van der Waals surface area (Å²) in [5, 5.41) is 0. The summed E-state index contributed by atoms with van der Waals surface area (Å²) in [6.07, 6.45) is 1.17. The molecular formula is CHNOS+. The number of nitrogens with zero attached hydrogens (tertiary/aromatic N) is 1. The second kappa shape index (κ2) is 2.73. The molecule has 0 fully saturated rings. The number of hydrogen-bond donors (Lipinski definition) is 1. The Bertz CT molecular complexity index is 46.0. The summed E-state index contributed by atoms with van der Waals surface area (Å²) in [6, 6.07) is 0. The normalized spacial score (nSPS) is 4.25. The fourth-order valence-corrected chi connectivity index (χ4v) is 0. The predicted molar refractivity (Wildman–Crippen MR) is 16.8 cm³/mol. The van der Waals surface area contributed by atoms with Crippen molar-refractivity contribution in [1.82, 2.24) is 4.40 Å². The Morgan fingerprint density at radius 3 is 2.25 bits per heavy atom. The zero-order valence-corrected chi connectivity index (χ0v) is 2.70. The first-order chi connectivity index (χ1) is 1.91. The van der Waals surface area contributed by atoms with Gasteiger partial charge >= 0.3 is 6.08 Å². The fraction of sp³-hybridized carbons (Fsp3) is 0. The SMILES string of the molecule is O=C=[N+]S. The standard InChI is InChI=1S/CHNOS/c3-1-2-4/h4H/q+1. The molecule has 2 nitrogen and oxygen atoms in total. The molecule has 0 bridgehead atoms. The summed E-state index contributed by atoms with van der Waals surface area (Å²) in [5.41, 5.74) is 0. The van der Waals surface area contributed by atoms with Gasteiger partial charge in [-0.15, -0.1) is 0 Å². The van der Waals surface area contributed by atoms with Crippen molar-refractivity contribution in [2.24, 2.45) is 0 Å². The lowest BCUT2D eigenvalue weighted by Gasteiger charge is -1.06. The summed E-state index contributed by atoms with van der Waals surface area (Å²) in [7, 11) is 0. The van der Waals surface area contributed by atoms with Crippen LogP contribution >= 0.6 is 12.8 Å². The van der Waals surface area contributed by atoms with Gasteiger partial charge in [0.2, 0.25) is 17.2 Å². The van der Waals surface area contributed by atoms with Gasteiger partial charge in [-0.1, -0.05) is 0 Å². The smallest absolute Gasteiger partial charge is 0.153 e. The van der Waals surface area contributed by atoms with Crippen molar-refractivity contribution in [3.63, 3.8) is 0 Å². The molecule has 0 aromatic rings. The zero-order chi connectivity index (χ0) is 3.41. The Kier molecular flexibility index (Phi) is 2.55. The van der Waals surface area contributed by atoms with Gasteiger partial charge in [0.15, 0.2) is 0 Å². The number of rotatable bonds is 0.